The van der Waals surface area contributed by atoms with Crippen molar-refractivity contribution in [3.8, 4) is 5.75 Å². The van der Waals surface area contributed by atoms with Gasteiger partial charge in [-0.2, -0.15) is 0 Å². The first-order chi connectivity index (χ1) is 9.36. The van der Waals surface area contributed by atoms with E-state index in [1.807, 2.05) is 48.7 Å². The highest BCUT2D eigenvalue weighted by atomic mass is 16.5. The molecule has 0 N–H and O–H groups in total. The summed E-state index contributed by atoms with van der Waals surface area (Å²) in [6, 6.07) is 13.8. The summed E-state index contributed by atoms with van der Waals surface area (Å²) in [6.07, 6.45) is 1.86. The second-order valence-electron chi connectivity index (χ2n) is 4.48. The molecule has 0 spiro atoms. The SMILES string of the molecule is COc1ccc2oc3c4ccccc4ncc3c2c1. The predicted molar refractivity (Wildman–Crippen MR) is 75.6 cm³/mol. The number of fused-ring (bicyclic) bond motifs is 5. The van der Waals surface area contributed by atoms with Crippen LogP contribution in [0.4, 0.5) is 0 Å². The van der Waals surface area contributed by atoms with Gasteiger partial charge in [-0.1, -0.05) is 12.1 Å². The van der Waals surface area contributed by atoms with Crippen LogP contribution in [0.25, 0.3) is 32.8 Å². The van der Waals surface area contributed by atoms with Crippen LogP contribution in [0.3, 0.4) is 0 Å². The summed E-state index contributed by atoms with van der Waals surface area (Å²) in [5.41, 5.74) is 2.68. The second-order valence-corrected chi connectivity index (χ2v) is 4.48. The first-order valence-corrected chi connectivity index (χ1v) is 6.11. The number of aromatic nitrogens is 1. The average molecular weight is 249 g/mol. The first-order valence-electron chi connectivity index (χ1n) is 6.11. The number of pyridine rings is 1. The van der Waals surface area contributed by atoms with Crippen molar-refractivity contribution in [2.24, 2.45) is 0 Å². The molecule has 0 amide bonds. The number of hydrogen-bond donors (Lipinski definition) is 0. The van der Waals surface area contributed by atoms with Gasteiger partial charge >= 0.3 is 0 Å². The monoisotopic (exact) mass is 249 g/mol. The van der Waals surface area contributed by atoms with Crippen LogP contribution >= 0.6 is 0 Å². The molecule has 2 aromatic carbocycles. The Bertz CT molecular complexity index is 908. The van der Waals surface area contributed by atoms with Gasteiger partial charge < -0.3 is 9.15 Å². The Morgan fingerprint density at radius 3 is 2.79 bits per heavy atom. The highest BCUT2D eigenvalue weighted by Crippen LogP contribution is 2.34. The predicted octanol–water partition coefficient (Wildman–Crippen LogP) is 4.14. The van der Waals surface area contributed by atoms with Gasteiger partial charge in [0.1, 0.15) is 16.9 Å². The lowest BCUT2D eigenvalue weighted by molar-refractivity contribution is 0.415. The fourth-order valence-electron chi connectivity index (χ4n) is 2.46. The average Bonchev–Trinajstić information content (AvgIpc) is 2.85. The van der Waals surface area contributed by atoms with Crippen molar-refractivity contribution < 1.29 is 9.15 Å². The number of ether oxygens (including phenoxy) is 1. The third kappa shape index (κ3) is 1.41. The molecular formula is C16H11NO2. The van der Waals surface area contributed by atoms with E-state index in [1.165, 1.54) is 0 Å². The summed E-state index contributed by atoms with van der Waals surface area (Å²) in [5.74, 6) is 0.823. The van der Waals surface area contributed by atoms with Crippen molar-refractivity contribution in [2.45, 2.75) is 0 Å². The molecule has 0 radical (unpaired) electrons. The Labute approximate surface area is 109 Å². The molecule has 0 atom stereocenters. The van der Waals surface area contributed by atoms with E-state index in [1.54, 1.807) is 7.11 Å². The molecule has 0 fully saturated rings. The Morgan fingerprint density at radius 2 is 1.89 bits per heavy atom. The van der Waals surface area contributed by atoms with Crippen molar-refractivity contribution in [3.63, 3.8) is 0 Å². The number of rotatable bonds is 1. The van der Waals surface area contributed by atoms with Crippen molar-refractivity contribution in [1.82, 2.24) is 4.98 Å². The second kappa shape index (κ2) is 3.72. The van der Waals surface area contributed by atoms with Crippen LogP contribution in [0.1, 0.15) is 0 Å². The number of hydrogen-bond acceptors (Lipinski definition) is 3. The lowest BCUT2D eigenvalue weighted by Crippen LogP contribution is -1.81. The summed E-state index contributed by atoms with van der Waals surface area (Å²) < 4.78 is 11.2. The zero-order valence-electron chi connectivity index (χ0n) is 10.4. The maximum atomic E-state index is 5.97. The molecule has 2 aromatic heterocycles. The highest BCUT2D eigenvalue weighted by molar-refractivity contribution is 6.13. The van der Waals surface area contributed by atoms with Crippen LogP contribution in [0.2, 0.25) is 0 Å². The van der Waals surface area contributed by atoms with Gasteiger partial charge in [0.05, 0.1) is 12.6 Å². The topological polar surface area (TPSA) is 35.3 Å². The molecule has 0 aliphatic carbocycles. The smallest absolute Gasteiger partial charge is 0.146 e. The quantitative estimate of drug-likeness (QED) is 0.508. The van der Waals surface area contributed by atoms with Crippen molar-refractivity contribution >= 4 is 32.8 Å². The largest absolute Gasteiger partial charge is 0.497 e. The summed E-state index contributed by atoms with van der Waals surface area (Å²) in [4.78, 5) is 4.49. The maximum absolute atomic E-state index is 5.97. The number of methoxy groups -OCH3 is 1. The van der Waals surface area contributed by atoms with Crippen LogP contribution in [-0.2, 0) is 0 Å². The van der Waals surface area contributed by atoms with Gasteiger partial charge in [-0.15, -0.1) is 0 Å². The normalized spacial score (nSPS) is 11.4. The number of nitrogens with zero attached hydrogens (tertiary/aromatic N) is 1. The third-order valence-corrected chi connectivity index (χ3v) is 3.41. The van der Waals surface area contributed by atoms with Gasteiger partial charge in [0.25, 0.3) is 0 Å². The van der Waals surface area contributed by atoms with Crippen molar-refractivity contribution in [2.75, 3.05) is 7.11 Å². The Kier molecular flexibility index (Phi) is 2.03. The van der Waals surface area contributed by atoms with Crippen LogP contribution in [0.5, 0.6) is 5.75 Å². The zero-order valence-corrected chi connectivity index (χ0v) is 10.4. The Morgan fingerprint density at radius 1 is 1.00 bits per heavy atom. The molecule has 0 saturated heterocycles. The highest BCUT2D eigenvalue weighted by Gasteiger charge is 2.11. The molecule has 4 aromatic rings. The minimum atomic E-state index is 0.823. The number of para-hydroxylation sites is 1. The van der Waals surface area contributed by atoms with Crippen LogP contribution < -0.4 is 4.74 Å². The van der Waals surface area contributed by atoms with Gasteiger partial charge in [0.15, 0.2) is 0 Å². The molecule has 2 heterocycles. The standard InChI is InChI=1S/C16H11NO2/c1-18-10-6-7-15-12(8-10)13-9-17-14-5-3-2-4-11(14)16(13)19-15/h2-9H,1H3. The van der Waals surface area contributed by atoms with Gasteiger partial charge in [-0.05, 0) is 30.3 Å². The molecule has 3 nitrogen and oxygen atoms in total. The fraction of sp³-hybridized carbons (Fsp3) is 0.0625. The minimum absolute atomic E-state index is 0.823. The molecule has 0 bridgehead atoms. The summed E-state index contributed by atoms with van der Waals surface area (Å²) in [7, 11) is 1.66. The fourth-order valence-corrected chi connectivity index (χ4v) is 2.46. The lowest BCUT2D eigenvalue weighted by Gasteiger charge is -1.98. The number of benzene rings is 2. The first kappa shape index (κ1) is 10.4. The van der Waals surface area contributed by atoms with Crippen LogP contribution in [0.15, 0.2) is 53.1 Å². The van der Waals surface area contributed by atoms with E-state index in [-0.39, 0.29) is 0 Å². The molecule has 0 aliphatic heterocycles. The zero-order chi connectivity index (χ0) is 12.8. The molecule has 3 heteroatoms. The van der Waals surface area contributed by atoms with Crippen LogP contribution in [-0.4, -0.2) is 12.1 Å². The maximum Gasteiger partial charge on any atom is 0.146 e. The van der Waals surface area contributed by atoms with E-state index < -0.39 is 0 Å². The minimum Gasteiger partial charge on any atom is -0.497 e. The van der Waals surface area contributed by atoms with Gasteiger partial charge in [-0.25, -0.2) is 0 Å². The molecule has 0 saturated carbocycles. The van der Waals surface area contributed by atoms with E-state index in [4.69, 9.17) is 9.15 Å². The number of furan rings is 1. The Hall–Kier alpha value is -2.55. The summed E-state index contributed by atoms with van der Waals surface area (Å²) >= 11 is 0. The van der Waals surface area contributed by atoms with E-state index >= 15 is 0 Å². The van der Waals surface area contributed by atoms with E-state index in [9.17, 15) is 0 Å². The van der Waals surface area contributed by atoms with Gasteiger partial charge in [0.2, 0.25) is 0 Å². The van der Waals surface area contributed by atoms with E-state index in [2.05, 4.69) is 4.98 Å². The van der Waals surface area contributed by atoms with E-state index in [0.29, 0.717) is 0 Å². The van der Waals surface area contributed by atoms with Crippen LogP contribution in [0, 0.1) is 0 Å². The van der Waals surface area contributed by atoms with Gasteiger partial charge in [0, 0.05) is 22.4 Å². The molecule has 19 heavy (non-hydrogen) atoms. The van der Waals surface area contributed by atoms with Crippen molar-refractivity contribution in [3.05, 3.63) is 48.7 Å². The molecular weight excluding hydrogens is 238 g/mol. The van der Waals surface area contributed by atoms with E-state index in [0.717, 1.165) is 38.6 Å². The summed E-state index contributed by atoms with van der Waals surface area (Å²) in [6.45, 7) is 0. The lowest BCUT2D eigenvalue weighted by atomic mass is 10.1. The molecule has 92 valence electrons. The molecule has 0 aliphatic rings. The molecule has 0 unspecified atom stereocenters. The summed E-state index contributed by atoms with van der Waals surface area (Å²) in [5, 5.41) is 3.09. The third-order valence-electron chi connectivity index (χ3n) is 3.41. The molecule has 4 rings (SSSR count). The van der Waals surface area contributed by atoms with Crippen molar-refractivity contribution in [1.29, 1.82) is 0 Å². The van der Waals surface area contributed by atoms with Gasteiger partial charge in [-0.3, -0.25) is 4.98 Å². The Balaban J connectivity index is 2.21.